The van der Waals surface area contributed by atoms with E-state index in [9.17, 15) is 19.2 Å². The van der Waals surface area contributed by atoms with Gasteiger partial charge in [-0.3, -0.25) is 18.3 Å². The van der Waals surface area contributed by atoms with Crippen LogP contribution in [-0.4, -0.2) is 190 Å². The number of hydrogen-bond donors (Lipinski definition) is 11. The van der Waals surface area contributed by atoms with E-state index in [1.807, 2.05) is 111 Å². The summed E-state index contributed by atoms with van der Waals surface area (Å²) in [7, 11) is 11.6. The van der Waals surface area contributed by atoms with Gasteiger partial charge in [0.15, 0.2) is 45.9 Å². The minimum absolute atomic E-state index is 0. The van der Waals surface area contributed by atoms with E-state index in [2.05, 4.69) is 82.3 Å². The van der Waals surface area contributed by atoms with Crippen LogP contribution in [0.3, 0.4) is 0 Å². The van der Waals surface area contributed by atoms with E-state index in [-0.39, 0.29) is 229 Å². The largest absolute Gasteiger partial charge is 1.00 e. The first kappa shape index (κ1) is 98.6. The Labute approximate surface area is 795 Å². The summed E-state index contributed by atoms with van der Waals surface area (Å²) < 4.78 is 53.2. The number of nitrogens with two attached hydrogens (primary N) is 4. The molecule has 617 valence electrons. The quantitative estimate of drug-likeness (QED) is 0.0107. The Morgan fingerprint density at radius 1 is 0.415 bits per heavy atom. The number of benzene rings is 4. The summed E-state index contributed by atoms with van der Waals surface area (Å²) in [6.45, 7) is 8.02. The number of imidazole rings is 4. The van der Waals surface area contributed by atoms with Crippen LogP contribution < -0.4 is 183 Å². The van der Waals surface area contributed by atoms with Crippen molar-refractivity contribution in [3.63, 3.8) is 0 Å². The van der Waals surface area contributed by atoms with E-state index in [4.69, 9.17) is 110 Å². The molecular weight excluding hydrogens is 1690 g/mol. The maximum Gasteiger partial charge on any atom is 1.00 e. The number of methoxy groups -OCH3 is 4. The number of hydrogen-bond acceptors (Lipinski definition) is 28. The molecule has 0 saturated heterocycles. The molecule has 12 aromatic rings. The fourth-order valence-corrected chi connectivity index (χ4v) is 11.3. The average molecular weight is 1780 g/mol. The molecule has 1 radical (unpaired) electrons. The molecule has 44 heteroatoms. The fraction of sp³-hybridized carbons (Fsp3) is 0.338. The molecule has 8 aromatic heterocycles. The molecule has 0 aliphatic carbocycles. The minimum Gasteiger partial charge on any atom is -0.693 e. The summed E-state index contributed by atoms with van der Waals surface area (Å²) in [5, 5.41) is 8.80. The number of nitrogens with zero attached hydrogens (tertiary/aromatic N) is 12. The summed E-state index contributed by atoms with van der Waals surface area (Å²) in [5.74, 6) is 0.777. The van der Waals surface area contributed by atoms with E-state index in [1.54, 1.807) is 38.3 Å². The Bertz CT molecular complexity index is 5190. The van der Waals surface area contributed by atoms with Gasteiger partial charge in [0.25, 0.3) is 0 Å². The van der Waals surface area contributed by atoms with Crippen LogP contribution in [0.15, 0.2) is 129 Å². The van der Waals surface area contributed by atoms with Crippen LogP contribution >= 0.6 is 46.5 Å². The number of aryl methyl sites for hydroxylation is 3. The van der Waals surface area contributed by atoms with Crippen molar-refractivity contribution in [2.24, 2.45) is 0 Å². The summed E-state index contributed by atoms with van der Waals surface area (Å²) in [6, 6.07) is 32.0. The minimum atomic E-state index is -0.332. The van der Waals surface area contributed by atoms with Gasteiger partial charge in [-0.25, -0.2) is 19.2 Å². The molecule has 4 aromatic carbocycles. The van der Waals surface area contributed by atoms with Crippen molar-refractivity contribution in [1.82, 2.24) is 94.0 Å². The number of nitrogen functional groups attached to an aromatic ring is 4. The van der Waals surface area contributed by atoms with Crippen LogP contribution in [0.25, 0.3) is 56.1 Å². The zero-order valence-electron chi connectivity index (χ0n) is 67.7. The van der Waals surface area contributed by atoms with Gasteiger partial charge in [0, 0.05) is 73.9 Å². The standard InChI is InChI=1S/2C19H24N6O3S.C18H22N7O3.C18H22N6O3S.2K.H3P.V/c2*1-21-14(29)8-7-12-3-5-13(6-4-12)11-25-17-15(22-19(25)26)16(20)23-18(24-17)28-10-9-27-2;1-11(19)21-9-12-3-5-13(6-4-12)10-25-16-14(22-18(25)26)15(20)23-17(24-16)28-8-7-27-2;1-26-8-9-27-17-22-15(20)14-16(23-17)24(18(25)21-14)10-12-4-2-11(3-5-12)6-7-13(19)28;;;;/h2*3-6H,7-11H2,1-2H3,(H,21,29)(H,22,26)(H2,20,23,24);3-6,19,21H,1,7-10H2,2H3,(H,22,26)(H2,20,23,24);2-5H,6-10H2,1H3,(H5,19,20,21,22,23,25,28);;;1H3;/q;;-1;;2*+1;;/p-1/i;;;;;;1T;. The topological polar surface area (TPSA) is 516 Å². The second kappa shape index (κ2) is 50.8. The van der Waals surface area contributed by atoms with Crippen molar-refractivity contribution in [1.29, 1.82) is 1.28 Å². The Balaban J connectivity index is 0.000000278. The maximum atomic E-state index is 12.4. The number of thiocarbonyl (C=S) groups is 3. The van der Waals surface area contributed by atoms with E-state index < -0.39 is 0 Å². The molecule has 1 atom stereocenters. The van der Waals surface area contributed by atoms with Crippen LogP contribution in [0.1, 0.15) is 63.8 Å². The van der Waals surface area contributed by atoms with Crippen molar-refractivity contribution in [3.8, 4) is 24.0 Å². The van der Waals surface area contributed by atoms with Crippen LogP contribution in [0.4, 0.5) is 23.3 Å². The third-order valence-corrected chi connectivity index (χ3v) is 18.1. The molecule has 118 heavy (non-hydrogen) atoms. The molecule has 0 fully saturated rings. The molecular formula is C74H94K2N25O12PS3V. The first-order valence-electron chi connectivity index (χ1n) is 36.2. The number of nitrogens with one attached hydrogen (secondary N) is 9. The molecule has 0 aliphatic heterocycles. The van der Waals surface area contributed by atoms with Gasteiger partial charge in [-0.1, -0.05) is 132 Å². The van der Waals surface area contributed by atoms with Crippen molar-refractivity contribution in [2.75, 3.05) is 118 Å². The number of fused-ring (bicyclic) bond motifs is 4. The van der Waals surface area contributed by atoms with Gasteiger partial charge in [0.2, 0.25) is 0 Å². The number of H-pyrrole nitrogens is 4. The van der Waals surface area contributed by atoms with Gasteiger partial charge in [-0.15, -0.1) is 18.8 Å². The van der Waals surface area contributed by atoms with Crippen LogP contribution in [0, 0.1) is 0 Å². The number of aromatic nitrogens is 16. The molecule has 17 N–H and O–H groups in total. The smallest absolute Gasteiger partial charge is 0.693 e. The SMILES string of the molecule is C=C([NH-])NCc1ccc(Cn2c(=O)[nH]c3c(N)nc(OCCOC)nc32)cc1.CNC(=S)CCc1ccc(Cn2c(=O)[nH]c3c(N)nc(OCCOC)nc32)cc1.CNC(=S)CCc1ccc(Cn2c(=O)[nH]c3c(N)nc(OCCOC)nc32)cc1.COCCOc1nc(N)c2[nH]c(=O)n(Cc3ccc(CCC([NH-])=S)cc3)c2n1.[3H]P.[K+].[K+].[V]. The number of ether oxygens (including phenoxy) is 8. The predicted octanol–water partition coefficient (Wildman–Crippen LogP) is 0.0488. The molecule has 37 nitrogen and oxygen atoms in total. The molecule has 0 spiro atoms. The molecule has 12 rings (SSSR count). The van der Waals surface area contributed by atoms with Gasteiger partial charge in [-0.05, 0) is 76.7 Å². The first-order valence-corrected chi connectivity index (χ1v) is 36.8. The zero-order chi connectivity index (χ0) is 83.8. The summed E-state index contributed by atoms with van der Waals surface area (Å²) in [6.07, 6.45) is 4.60. The Hall–Kier alpha value is -8.18. The maximum absolute atomic E-state index is 12.4. The summed E-state index contributed by atoms with van der Waals surface area (Å²) in [5.41, 5.74) is 48.5. The summed E-state index contributed by atoms with van der Waals surface area (Å²) >= 11 is 15.2. The van der Waals surface area contributed by atoms with Crippen molar-refractivity contribution < 1.29 is 159 Å². The molecule has 0 aliphatic rings. The Kier molecular flexibility index (Phi) is 42.5. The van der Waals surface area contributed by atoms with Crippen molar-refractivity contribution >= 4 is 129 Å². The predicted molar refractivity (Wildman–Crippen MR) is 459 cm³/mol. The van der Waals surface area contributed by atoms with Crippen molar-refractivity contribution in [2.45, 2.75) is 71.2 Å². The average Bonchev–Trinajstić information content (AvgIpc) is 1.66. The van der Waals surface area contributed by atoms with Gasteiger partial charge in [0.1, 0.15) is 48.5 Å². The molecule has 0 amide bonds. The number of anilines is 4. The Morgan fingerprint density at radius 3 is 0.864 bits per heavy atom. The molecule has 1 unspecified atom stereocenters. The van der Waals surface area contributed by atoms with Crippen LogP contribution in [0.5, 0.6) is 24.0 Å². The first-order chi connectivity index (χ1) is 56.0. The molecule has 0 bridgehead atoms. The zero-order valence-corrected chi connectivity index (χ0v) is 78.0. The second-order valence-corrected chi connectivity index (χ2v) is 26.6. The number of rotatable bonds is 36. The van der Waals surface area contributed by atoms with Gasteiger partial charge < -0.3 is 108 Å². The van der Waals surface area contributed by atoms with Gasteiger partial charge >= 0.3 is 150 Å². The van der Waals surface area contributed by atoms with Crippen LogP contribution in [-0.2, 0) is 89.5 Å². The fourth-order valence-electron chi connectivity index (χ4n) is 11.0. The third-order valence-electron chi connectivity index (χ3n) is 17.0. The Morgan fingerprint density at radius 2 is 0.644 bits per heavy atom. The van der Waals surface area contributed by atoms with Crippen molar-refractivity contribution in [3.05, 3.63) is 207 Å². The van der Waals surface area contributed by atoms with E-state index in [1.165, 1.54) is 29.4 Å². The normalized spacial score (nSPS) is 10.7. The number of aromatic amines is 4. The summed E-state index contributed by atoms with van der Waals surface area (Å²) in [4.78, 5) is 96.0. The van der Waals surface area contributed by atoms with E-state index in [0.717, 1.165) is 75.5 Å². The molecule has 8 heterocycles. The van der Waals surface area contributed by atoms with Gasteiger partial charge in [0.05, 0.1) is 63.9 Å². The van der Waals surface area contributed by atoms with Gasteiger partial charge in [-0.2, -0.15) is 49.7 Å². The van der Waals surface area contributed by atoms with E-state index >= 15 is 0 Å². The van der Waals surface area contributed by atoms with E-state index in [0.29, 0.717) is 110 Å². The molecule has 0 saturated carbocycles. The third kappa shape index (κ3) is 29.6. The van der Waals surface area contributed by atoms with Crippen LogP contribution in [0.2, 0.25) is 0 Å². The second-order valence-electron chi connectivity index (χ2n) is 25.2. The monoisotopic (exact) mass is 1780 g/mol.